The Morgan fingerprint density at radius 2 is 1.86 bits per heavy atom. The fourth-order valence-electron chi connectivity index (χ4n) is 1.39. The van der Waals surface area contributed by atoms with E-state index in [4.69, 9.17) is 4.74 Å². The van der Waals surface area contributed by atoms with Crippen LogP contribution in [0.4, 0.5) is 0 Å². The fourth-order valence-corrected chi connectivity index (χ4v) is 1.39. The van der Waals surface area contributed by atoms with Crippen molar-refractivity contribution in [3.63, 3.8) is 0 Å². The number of ether oxygens (including phenoxy) is 1. The summed E-state index contributed by atoms with van der Waals surface area (Å²) in [6, 6.07) is 7.81. The summed E-state index contributed by atoms with van der Waals surface area (Å²) in [5.41, 5.74) is 1.10. The van der Waals surface area contributed by atoms with Crippen LogP contribution in [0.25, 0.3) is 0 Å². The standard InChI is InChI=1S/C11H17NO2/c1-12(2)11(8-13)9-4-6-10(14-3)7-5-9/h4-7,11,13H,8H2,1-3H3. The Bertz CT molecular complexity index is 269. The molecule has 1 unspecified atom stereocenters. The molecule has 0 aliphatic rings. The summed E-state index contributed by atoms with van der Waals surface area (Å²) in [5, 5.41) is 9.20. The Kier molecular flexibility index (Phi) is 3.92. The molecule has 1 rings (SSSR count). The summed E-state index contributed by atoms with van der Waals surface area (Å²) in [7, 11) is 5.54. The van der Waals surface area contributed by atoms with Gasteiger partial charge in [0.25, 0.3) is 0 Å². The van der Waals surface area contributed by atoms with Crippen molar-refractivity contribution in [3.8, 4) is 5.75 Å². The molecule has 3 heteroatoms. The number of aliphatic hydroxyl groups is 1. The minimum absolute atomic E-state index is 0.0564. The van der Waals surface area contributed by atoms with Crippen LogP contribution in [-0.2, 0) is 0 Å². The summed E-state index contributed by atoms with van der Waals surface area (Å²) in [4.78, 5) is 1.99. The Balaban J connectivity index is 2.84. The van der Waals surface area contributed by atoms with E-state index in [0.29, 0.717) is 0 Å². The quantitative estimate of drug-likeness (QED) is 0.785. The van der Waals surface area contributed by atoms with Crippen LogP contribution in [0.15, 0.2) is 24.3 Å². The van der Waals surface area contributed by atoms with Crippen molar-refractivity contribution in [2.24, 2.45) is 0 Å². The predicted molar refractivity (Wildman–Crippen MR) is 56.5 cm³/mol. The van der Waals surface area contributed by atoms with Gasteiger partial charge in [-0.1, -0.05) is 12.1 Å². The van der Waals surface area contributed by atoms with Gasteiger partial charge in [0.05, 0.1) is 19.8 Å². The molecule has 3 nitrogen and oxygen atoms in total. The van der Waals surface area contributed by atoms with E-state index in [1.54, 1.807) is 7.11 Å². The largest absolute Gasteiger partial charge is 0.497 e. The number of nitrogens with zero attached hydrogens (tertiary/aromatic N) is 1. The van der Waals surface area contributed by atoms with Gasteiger partial charge in [-0.3, -0.25) is 0 Å². The minimum Gasteiger partial charge on any atom is -0.497 e. The number of methoxy groups -OCH3 is 1. The molecule has 1 N–H and O–H groups in total. The molecule has 0 saturated carbocycles. The first-order valence-corrected chi connectivity index (χ1v) is 4.60. The van der Waals surface area contributed by atoms with Gasteiger partial charge in [0.15, 0.2) is 0 Å². The second-order valence-corrected chi connectivity index (χ2v) is 3.44. The number of hydrogen-bond acceptors (Lipinski definition) is 3. The molecule has 0 heterocycles. The number of hydrogen-bond donors (Lipinski definition) is 1. The van der Waals surface area contributed by atoms with Gasteiger partial charge in [0.2, 0.25) is 0 Å². The smallest absolute Gasteiger partial charge is 0.118 e. The van der Waals surface area contributed by atoms with Crippen LogP contribution < -0.4 is 4.74 Å². The second kappa shape index (κ2) is 4.98. The van der Waals surface area contributed by atoms with E-state index >= 15 is 0 Å². The number of benzene rings is 1. The van der Waals surface area contributed by atoms with Gasteiger partial charge in [-0.05, 0) is 31.8 Å². The van der Waals surface area contributed by atoms with Crippen molar-refractivity contribution < 1.29 is 9.84 Å². The Hall–Kier alpha value is -1.06. The van der Waals surface area contributed by atoms with Crippen LogP contribution in [-0.4, -0.2) is 37.8 Å². The van der Waals surface area contributed by atoms with E-state index in [9.17, 15) is 5.11 Å². The van der Waals surface area contributed by atoms with Gasteiger partial charge in [0, 0.05) is 0 Å². The summed E-state index contributed by atoms with van der Waals surface area (Å²) in [5.74, 6) is 0.837. The first-order chi connectivity index (χ1) is 6.69. The Morgan fingerprint density at radius 1 is 1.29 bits per heavy atom. The normalized spacial score (nSPS) is 12.9. The number of aliphatic hydroxyl groups excluding tert-OH is 1. The van der Waals surface area contributed by atoms with Crippen molar-refractivity contribution in [1.29, 1.82) is 0 Å². The maximum absolute atomic E-state index is 9.20. The van der Waals surface area contributed by atoms with Crippen LogP contribution in [0.1, 0.15) is 11.6 Å². The highest BCUT2D eigenvalue weighted by Gasteiger charge is 2.11. The van der Waals surface area contributed by atoms with Crippen LogP contribution in [0.5, 0.6) is 5.75 Å². The van der Waals surface area contributed by atoms with E-state index in [-0.39, 0.29) is 12.6 Å². The molecule has 1 atom stereocenters. The fraction of sp³-hybridized carbons (Fsp3) is 0.455. The summed E-state index contributed by atoms with van der Waals surface area (Å²) >= 11 is 0. The lowest BCUT2D eigenvalue weighted by molar-refractivity contribution is 0.171. The van der Waals surface area contributed by atoms with Gasteiger partial charge in [-0.25, -0.2) is 0 Å². The molecule has 14 heavy (non-hydrogen) atoms. The zero-order valence-corrected chi connectivity index (χ0v) is 8.90. The van der Waals surface area contributed by atoms with Crippen molar-refractivity contribution in [2.45, 2.75) is 6.04 Å². The van der Waals surface area contributed by atoms with E-state index in [2.05, 4.69) is 0 Å². The van der Waals surface area contributed by atoms with Crippen molar-refractivity contribution in [1.82, 2.24) is 4.90 Å². The van der Waals surface area contributed by atoms with Crippen molar-refractivity contribution in [2.75, 3.05) is 27.8 Å². The molecule has 78 valence electrons. The lowest BCUT2D eigenvalue weighted by atomic mass is 10.1. The van der Waals surface area contributed by atoms with Crippen molar-refractivity contribution in [3.05, 3.63) is 29.8 Å². The van der Waals surface area contributed by atoms with Gasteiger partial charge in [-0.15, -0.1) is 0 Å². The first-order valence-electron chi connectivity index (χ1n) is 4.60. The highest BCUT2D eigenvalue weighted by molar-refractivity contribution is 5.29. The maximum atomic E-state index is 9.20. The Morgan fingerprint density at radius 3 is 2.21 bits per heavy atom. The lowest BCUT2D eigenvalue weighted by Gasteiger charge is -2.22. The third-order valence-electron chi connectivity index (χ3n) is 2.30. The molecule has 0 amide bonds. The number of rotatable bonds is 4. The zero-order valence-electron chi connectivity index (χ0n) is 8.90. The number of likely N-dealkylation sites (N-methyl/N-ethyl adjacent to an activating group) is 1. The molecule has 0 radical (unpaired) electrons. The molecular weight excluding hydrogens is 178 g/mol. The molecule has 0 fully saturated rings. The molecule has 0 bridgehead atoms. The highest BCUT2D eigenvalue weighted by atomic mass is 16.5. The first kappa shape index (κ1) is 11.0. The van der Waals surface area contributed by atoms with Gasteiger partial charge in [-0.2, -0.15) is 0 Å². The van der Waals surface area contributed by atoms with Crippen LogP contribution >= 0.6 is 0 Å². The lowest BCUT2D eigenvalue weighted by Crippen LogP contribution is -2.22. The Labute approximate surface area is 84.9 Å². The van der Waals surface area contributed by atoms with Crippen LogP contribution in [0.2, 0.25) is 0 Å². The molecule has 0 spiro atoms. The molecule has 0 aliphatic heterocycles. The molecule has 1 aromatic carbocycles. The summed E-state index contributed by atoms with van der Waals surface area (Å²) in [6.07, 6.45) is 0. The van der Waals surface area contributed by atoms with E-state index in [0.717, 1.165) is 11.3 Å². The SMILES string of the molecule is COc1ccc(C(CO)N(C)C)cc1. The van der Waals surface area contributed by atoms with Crippen LogP contribution in [0.3, 0.4) is 0 Å². The average Bonchev–Trinajstić information content (AvgIpc) is 2.19. The molecular formula is C11H17NO2. The van der Waals surface area contributed by atoms with Crippen molar-refractivity contribution >= 4 is 0 Å². The molecule has 1 aromatic rings. The third kappa shape index (κ3) is 2.47. The topological polar surface area (TPSA) is 32.7 Å². The monoisotopic (exact) mass is 195 g/mol. The molecule has 0 aromatic heterocycles. The van der Waals surface area contributed by atoms with Gasteiger partial charge in [0.1, 0.15) is 5.75 Å². The van der Waals surface area contributed by atoms with E-state index < -0.39 is 0 Å². The van der Waals surface area contributed by atoms with Crippen LogP contribution in [0, 0.1) is 0 Å². The summed E-state index contributed by atoms with van der Waals surface area (Å²) < 4.78 is 5.07. The molecule has 0 saturated heterocycles. The predicted octanol–water partition coefficient (Wildman–Crippen LogP) is 1.29. The molecule has 0 aliphatic carbocycles. The highest BCUT2D eigenvalue weighted by Crippen LogP contribution is 2.20. The minimum atomic E-state index is 0.0564. The van der Waals surface area contributed by atoms with Gasteiger partial charge < -0.3 is 14.7 Å². The van der Waals surface area contributed by atoms with E-state index in [1.165, 1.54) is 0 Å². The maximum Gasteiger partial charge on any atom is 0.118 e. The van der Waals surface area contributed by atoms with Gasteiger partial charge >= 0.3 is 0 Å². The third-order valence-corrected chi connectivity index (χ3v) is 2.30. The van der Waals surface area contributed by atoms with E-state index in [1.807, 2.05) is 43.3 Å². The summed E-state index contributed by atoms with van der Waals surface area (Å²) in [6.45, 7) is 0.124. The second-order valence-electron chi connectivity index (χ2n) is 3.44. The zero-order chi connectivity index (χ0) is 10.6. The average molecular weight is 195 g/mol.